The number of nitrogens with two attached hydrogens (primary N) is 1. The number of nitrogens with zero attached hydrogens (tertiary/aromatic N) is 2. The summed E-state index contributed by atoms with van der Waals surface area (Å²) >= 11 is 0. The molecule has 0 aliphatic carbocycles. The number of carboxylic acids is 1. The van der Waals surface area contributed by atoms with E-state index in [1.165, 1.54) is 4.90 Å². The second kappa shape index (κ2) is 10.8. The summed E-state index contributed by atoms with van der Waals surface area (Å²) in [6, 6.07) is 5.97. The van der Waals surface area contributed by atoms with Gasteiger partial charge in [-0.25, -0.2) is 4.79 Å². The van der Waals surface area contributed by atoms with Gasteiger partial charge >= 0.3 is 5.97 Å². The highest BCUT2D eigenvalue weighted by atomic mass is 16.5. The lowest BCUT2D eigenvalue weighted by Gasteiger charge is -2.34. The van der Waals surface area contributed by atoms with Crippen LogP contribution in [0.5, 0.6) is 5.75 Å². The number of hydrogen-bond donors (Lipinski definition) is 3. The zero-order valence-electron chi connectivity index (χ0n) is 18.8. The maximum Gasteiger partial charge on any atom is 0.326 e. The third-order valence-electron chi connectivity index (χ3n) is 6.45. The number of benzene rings is 1. The minimum Gasteiger partial charge on any atom is -0.497 e. The monoisotopic (exact) mass is 446 g/mol. The Morgan fingerprint density at radius 3 is 2.59 bits per heavy atom. The van der Waals surface area contributed by atoms with Crippen molar-refractivity contribution in [3.63, 3.8) is 0 Å². The maximum absolute atomic E-state index is 13.0. The van der Waals surface area contributed by atoms with Crippen molar-refractivity contribution in [1.82, 2.24) is 15.1 Å². The molecule has 2 amide bonds. The van der Waals surface area contributed by atoms with Crippen LogP contribution in [0.2, 0.25) is 0 Å². The summed E-state index contributed by atoms with van der Waals surface area (Å²) in [4.78, 5) is 40.5. The summed E-state index contributed by atoms with van der Waals surface area (Å²) in [6.45, 7) is 4.48. The molecule has 0 saturated carbocycles. The summed E-state index contributed by atoms with van der Waals surface area (Å²) in [7, 11) is 1.61. The van der Waals surface area contributed by atoms with E-state index in [0.717, 1.165) is 24.4 Å². The summed E-state index contributed by atoms with van der Waals surface area (Å²) in [5.41, 5.74) is 7.18. The van der Waals surface area contributed by atoms with E-state index in [9.17, 15) is 19.5 Å². The van der Waals surface area contributed by atoms with Gasteiger partial charge in [0.25, 0.3) is 0 Å². The summed E-state index contributed by atoms with van der Waals surface area (Å²) in [6.07, 6.45) is 1.45. The second-order valence-corrected chi connectivity index (χ2v) is 8.78. The standard InChI is InChI=1S/C23H34N4O5/c1-15-13-25-9-10-26(15)21(28)8-7-19(24)22(29)27-14-17(12-20(27)23(30)31)11-16-3-5-18(32-2)6-4-16/h3-6,15,17,19-20,25H,7-14,24H2,1-2H3,(H,30,31)/t15-,17+,19?,20-/m0/s1. The molecule has 2 aliphatic heterocycles. The smallest absolute Gasteiger partial charge is 0.326 e. The molecule has 2 heterocycles. The molecule has 1 aromatic rings. The number of carbonyl (C=O) groups excluding carboxylic acids is 2. The Balaban J connectivity index is 1.56. The highest BCUT2D eigenvalue weighted by Crippen LogP contribution is 2.28. The van der Waals surface area contributed by atoms with E-state index in [4.69, 9.17) is 10.5 Å². The Labute approximate surface area is 188 Å². The van der Waals surface area contributed by atoms with Crippen molar-refractivity contribution in [2.24, 2.45) is 11.7 Å². The van der Waals surface area contributed by atoms with Gasteiger partial charge in [0.1, 0.15) is 11.8 Å². The molecule has 176 valence electrons. The zero-order chi connectivity index (χ0) is 23.3. The molecular formula is C23H34N4O5. The van der Waals surface area contributed by atoms with E-state index in [0.29, 0.717) is 25.9 Å². The first kappa shape index (κ1) is 24.0. The average molecular weight is 447 g/mol. The molecule has 0 radical (unpaired) electrons. The molecule has 2 aliphatic rings. The predicted molar refractivity (Wildman–Crippen MR) is 119 cm³/mol. The minimum absolute atomic E-state index is 0.0177. The first-order valence-corrected chi connectivity index (χ1v) is 11.2. The van der Waals surface area contributed by atoms with Crippen LogP contribution in [0.1, 0.15) is 31.7 Å². The third kappa shape index (κ3) is 5.77. The number of aliphatic carboxylic acids is 1. The second-order valence-electron chi connectivity index (χ2n) is 8.78. The van der Waals surface area contributed by atoms with E-state index >= 15 is 0 Å². The maximum atomic E-state index is 13.0. The van der Waals surface area contributed by atoms with Gasteiger partial charge in [-0.3, -0.25) is 9.59 Å². The fourth-order valence-corrected chi connectivity index (χ4v) is 4.61. The van der Waals surface area contributed by atoms with Crippen LogP contribution in [0.15, 0.2) is 24.3 Å². The Hall–Kier alpha value is -2.65. The fourth-order valence-electron chi connectivity index (χ4n) is 4.61. The van der Waals surface area contributed by atoms with Crippen LogP contribution >= 0.6 is 0 Å². The molecule has 0 bridgehead atoms. The average Bonchev–Trinajstić information content (AvgIpc) is 3.21. The van der Waals surface area contributed by atoms with Crippen LogP contribution in [-0.4, -0.2) is 84.1 Å². The summed E-state index contributed by atoms with van der Waals surface area (Å²) in [5.74, 6) is -0.639. The van der Waals surface area contributed by atoms with Gasteiger partial charge in [0.2, 0.25) is 11.8 Å². The molecule has 9 nitrogen and oxygen atoms in total. The molecule has 4 N–H and O–H groups in total. The number of nitrogens with one attached hydrogen (secondary N) is 1. The van der Waals surface area contributed by atoms with E-state index in [2.05, 4.69) is 5.32 Å². The van der Waals surface area contributed by atoms with Gasteiger partial charge < -0.3 is 30.7 Å². The van der Waals surface area contributed by atoms with Crippen LogP contribution in [-0.2, 0) is 20.8 Å². The lowest BCUT2D eigenvalue weighted by molar-refractivity contribution is -0.149. The quantitative estimate of drug-likeness (QED) is 0.530. The van der Waals surface area contributed by atoms with E-state index in [1.807, 2.05) is 36.1 Å². The molecule has 9 heteroatoms. The molecule has 4 atom stereocenters. The van der Waals surface area contributed by atoms with Crippen LogP contribution in [0.4, 0.5) is 0 Å². The lowest BCUT2D eigenvalue weighted by Crippen LogP contribution is -2.53. The first-order chi connectivity index (χ1) is 15.3. The van der Waals surface area contributed by atoms with Crippen molar-refractivity contribution in [2.75, 3.05) is 33.3 Å². The Bertz CT molecular complexity index is 815. The predicted octanol–water partition coefficient (Wildman–Crippen LogP) is 0.467. The van der Waals surface area contributed by atoms with Gasteiger partial charge in [0.05, 0.1) is 13.2 Å². The van der Waals surface area contributed by atoms with Crippen LogP contribution < -0.4 is 15.8 Å². The van der Waals surface area contributed by atoms with E-state index < -0.39 is 24.0 Å². The van der Waals surface area contributed by atoms with Gasteiger partial charge in [-0.15, -0.1) is 0 Å². The van der Waals surface area contributed by atoms with Crippen LogP contribution in [0, 0.1) is 5.92 Å². The molecule has 2 fully saturated rings. The van der Waals surface area contributed by atoms with Gasteiger partial charge in [0.15, 0.2) is 0 Å². The Kier molecular flexibility index (Phi) is 8.09. The van der Waals surface area contributed by atoms with Crippen molar-refractivity contribution in [3.8, 4) is 5.75 Å². The van der Waals surface area contributed by atoms with Crippen LogP contribution in [0.3, 0.4) is 0 Å². The number of rotatable bonds is 8. The third-order valence-corrected chi connectivity index (χ3v) is 6.45. The van der Waals surface area contributed by atoms with Gasteiger partial charge in [-0.05, 0) is 49.8 Å². The Morgan fingerprint density at radius 2 is 1.97 bits per heavy atom. The molecular weight excluding hydrogens is 412 g/mol. The number of ether oxygens (including phenoxy) is 1. The summed E-state index contributed by atoms with van der Waals surface area (Å²) < 4.78 is 5.17. The first-order valence-electron chi connectivity index (χ1n) is 11.2. The van der Waals surface area contributed by atoms with Gasteiger partial charge in [-0.2, -0.15) is 0 Å². The van der Waals surface area contributed by atoms with E-state index in [-0.39, 0.29) is 30.7 Å². The van der Waals surface area contributed by atoms with Crippen molar-refractivity contribution in [3.05, 3.63) is 29.8 Å². The molecule has 2 saturated heterocycles. The van der Waals surface area contributed by atoms with Crippen molar-refractivity contribution in [2.45, 2.75) is 50.7 Å². The largest absolute Gasteiger partial charge is 0.497 e. The highest BCUT2D eigenvalue weighted by Gasteiger charge is 2.41. The number of carbonyl (C=O) groups is 3. The SMILES string of the molecule is COc1ccc(C[C@@H]2C[C@@H](C(=O)O)N(C(=O)C(N)CCC(=O)N3CCNC[C@@H]3C)C2)cc1. The number of methoxy groups -OCH3 is 1. The fraction of sp³-hybridized carbons (Fsp3) is 0.609. The van der Waals surface area contributed by atoms with Crippen molar-refractivity contribution >= 4 is 17.8 Å². The number of hydrogen-bond acceptors (Lipinski definition) is 6. The summed E-state index contributed by atoms with van der Waals surface area (Å²) in [5, 5.41) is 12.9. The molecule has 32 heavy (non-hydrogen) atoms. The zero-order valence-corrected chi connectivity index (χ0v) is 18.8. The highest BCUT2D eigenvalue weighted by molar-refractivity contribution is 5.88. The molecule has 0 aromatic heterocycles. The number of amides is 2. The van der Waals surface area contributed by atoms with Crippen molar-refractivity contribution < 1.29 is 24.2 Å². The molecule has 1 aromatic carbocycles. The Morgan fingerprint density at radius 1 is 1.25 bits per heavy atom. The normalized spacial score (nSPS) is 24.3. The van der Waals surface area contributed by atoms with Crippen molar-refractivity contribution in [1.29, 1.82) is 0 Å². The van der Waals surface area contributed by atoms with Gasteiger partial charge in [-0.1, -0.05) is 12.1 Å². The lowest BCUT2D eigenvalue weighted by atomic mass is 9.97. The molecule has 3 rings (SSSR count). The number of carboxylic acid groups (broad SMARTS) is 1. The topological polar surface area (TPSA) is 125 Å². The minimum atomic E-state index is -1.02. The van der Waals surface area contributed by atoms with Gasteiger partial charge in [0, 0.05) is 38.6 Å². The number of likely N-dealkylation sites (tertiary alicyclic amines) is 1. The molecule has 0 spiro atoms. The van der Waals surface area contributed by atoms with E-state index in [1.54, 1.807) is 7.11 Å². The number of piperazine rings is 1. The molecule has 1 unspecified atom stereocenters. The van der Waals surface area contributed by atoms with Crippen LogP contribution in [0.25, 0.3) is 0 Å².